The predicted octanol–water partition coefficient (Wildman–Crippen LogP) is 4.20. The number of amides is 2. The molecule has 2 heterocycles. The van der Waals surface area contributed by atoms with Crippen LogP contribution in [0.5, 0.6) is 0 Å². The predicted molar refractivity (Wildman–Crippen MR) is 138 cm³/mol. The molecule has 0 unspecified atom stereocenters. The van der Waals surface area contributed by atoms with Gasteiger partial charge in [0.05, 0.1) is 4.88 Å². The minimum Gasteiger partial charge on any atom is -0.454 e. The number of para-hydroxylation sites is 1. The third kappa shape index (κ3) is 4.66. The molecule has 0 radical (unpaired) electrons. The number of carbonyl (C=O) groups is 3. The Hall–Kier alpha value is -3.13. The minimum absolute atomic E-state index is 0.130. The quantitative estimate of drug-likeness (QED) is 0.400. The van der Waals surface area contributed by atoms with E-state index in [-0.39, 0.29) is 30.4 Å². The molecule has 2 amide bonds. The molecule has 2 aromatic heterocycles. The average Bonchev–Trinajstić information content (AvgIpc) is 3.52. The second-order valence-corrected chi connectivity index (χ2v) is 11.9. The number of rotatable bonds is 8. The first-order chi connectivity index (χ1) is 17.5. The number of fused-ring (bicyclic) bond motifs is 1. The summed E-state index contributed by atoms with van der Waals surface area (Å²) in [6.07, 6.45) is 9.12. The molecule has 4 bridgehead atoms. The highest BCUT2D eigenvalue weighted by Gasteiger charge is 2.51. The third-order valence-electron chi connectivity index (χ3n) is 8.22. The first kappa shape index (κ1) is 23.3. The zero-order valence-electron chi connectivity index (χ0n) is 20.1. The number of hydrogen-bond acceptors (Lipinski definition) is 5. The van der Waals surface area contributed by atoms with E-state index in [0.29, 0.717) is 22.6 Å². The number of esters is 1. The highest BCUT2D eigenvalue weighted by molar-refractivity contribution is 7.12. The normalized spacial score (nSPS) is 27.1. The van der Waals surface area contributed by atoms with Crippen LogP contribution in [0.25, 0.3) is 10.9 Å². The number of carbonyl (C=O) groups excluding carboxylic acids is 3. The molecule has 4 fully saturated rings. The van der Waals surface area contributed by atoms with Gasteiger partial charge in [0, 0.05) is 29.1 Å². The number of hydrogen-bond donors (Lipinski definition) is 3. The minimum atomic E-state index is -0.911. The second-order valence-electron chi connectivity index (χ2n) is 10.9. The molecule has 0 aliphatic heterocycles. The van der Waals surface area contributed by atoms with Gasteiger partial charge in [0.2, 0.25) is 0 Å². The van der Waals surface area contributed by atoms with E-state index in [2.05, 4.69) is 15.6 Å². The lowest BCUT2D eigenvalue weighted by Crippen LogP contribution is -2.60. The van der Waals surface area contributed by atoms with Crippen LogP contribution in [0.3, 0.4) is 0 Å². The van der Waals surface area contributed by atoms with Crippen molar-refractivity contribution in [2.45, 2.75) is 56.5 Å². The molecule has 188 valence electrons. The molecule has 4 aliphatic carbocycles. The zero-order chi connectivity index (χ0) is 24.7. The lowest BCUT2D eigenvalue weighted by atomic mass is 9.53. The number of ether oxygens (including phenoxy) is 1. The molecule has 8 heteroatoms. The Morgan fingerprint density at radius 1 is 1.03 bits per heavy atom. The standard InChI is InChI=1S/C28H31N3O4S/c32-25(31-28-12-17-8-18(13-28)10-19(9-17)14-28)16-35-27(34)23(30-26(33)24-6-3-7-36-24)11-20-15-29-22-5-2-1-4-21(20)22/h1-7,15,17-19,23,29H,8-14,16H2,(H,30,33)(H,31,32)/t17?,18?,19?,23-,28?/m1/s1. The van der Waals surface area contributed by atoms with Crippen molar-refractivity contribution in [3.05, 3.63) is 58.4 Å². The summed E-state index contributed by atoms with van der Waals surface area (Å²) < 4.78 is 5.49. The fourth-order valence-electron chi connectivity index (χ4n) is 7.18. The summed E-state index contributed by atoms with van der Waals surface area (Å²) in [4.78, 5) is 42.5. The first-order valence-electron chi connectivity index (χ1n) is 12.8. The molecule has 1 atom stereocenters. The summed E-state index contributed by atoms with van der Waals surface area (Å²) >= 11 is 1.31. The Morgan fingerprint density at radius 3 is 2.44 bits per heavy atom. The smallest absolute Gasteiger partial charge is 0.329 e. The topological polar surface area (TPSA) is 100 Å². The van der Waals surface area contributed by atoms with Crippen molar-refractivity contribution >= 4 is 40.0 Å². The molecule has 3 N–H and O–H groups in total. The molecule has 7 nitrogen and oxygen atoms in total. The Balaban J connectivity index is 1.12. The number of nitrogens with one attached hydrogen (secondary N) is 3. The molecular formula is C28H31N3O4S. The van der Waals surface area contributed by atoms with Crippen LogP contribution in [0.2, 0.25) is 0 Å². The van der Waals surface area contributed by atoms with Gasteiger partial charge in [0.1, 0.15) is 6.04 Å². The number of aromatic amines is 1. The maximum atomic E-state index is 13.2. The Morgan fingerprint density at radius 2 is 1.75 bits per heavy atom. The van der Waals surface area contributed by atoms with Crippen molar-refractivity contribution in [2.24, 2.45) is 17.8 Å². The van der Waals surface area contributed by atoms with Crippen LogP contribution >= 0.6 is 11.3 Å². The van der Waals surface area contributed by atoms with E-state index >= 15 is 0 Å². The van der Waals surface area contributed by atoms with Crippen molar-refractivity contribution < 1.29 is 19.1 Å². The SMILES string of the molecule is O=C(COC(=O)[C@@H](Cc1c[nH]c2ccccc12)NC(=O)c1cccs1)NC12CC3CC(CC(C3)C1)C2. The fraction of sp³-hybridized carbons (Fsp3) is 0.464. The first-order valence-corrected chi connectivity index (χ1v) is 13.7. The molecule has 0 saturated heterocycles. The monoisotopic (exact) mass is 505 g/mol. The van der Waals surface area contributed by atoms with E-state index in [9.17, 15) is 14.4 Å². The van der Waals surface area contributed by atoms with Crippen molar-refractivity contribution in [3.8, 4) is 0 Å². The van der Waals surface area contributed by atoms with Crippen molar-refractivity contribution in [2.75, 3.05) is 6.61 Å². The van der Waals surface area contributed by atoms with Crippen LogP contribution in [-0.4, -0.2) is 41.0 Å². The van der Waals surface area contributed by atoms with Gasteiger partial charge in [-0.15, -0.1) is 11.3 Å². The summed E-state index contributed by atoms with van der Waals surface area (Å²) in [5.41, 5.74) is 1.73. The van der Waals surface area contributed by atoms with E-state index in [1.54, 1.807) is 12.1 Å². The van der Waals surface area contributed by atoms with E-state index < -0.39 is 12.0 Å². The third-order valence-corrected chi connectivity index (χ3v) is 9.09. The summed E-state index contributed by atoms with van der Waals surface area (Å²) in [7, 11) is 0. The van der Waals surface area contributed by atoms with Crippen LogP contribution in [0, 0.1) is 17.8 Å². The van der Waals surface area contributed by atoms with Crippen LogP contribution in [0.1, 0.15) is 53.8 Å². The molecular weight excluding hydrogens is 474 g/mol. The molecule has 0 spiro atoms. The maximum Gasteiger partial charge on any atom is 0.329 e. The van der Waals surface area contributed by atoms with E-state index in [1.165, 1.54) is 30.6 Å². The average molecular weight is 506 g/mol. The van der Waals surface area contributed by atoms with Gasteiger partial charge >= 0.3 is 5.97 Å². The van der Waals surface area contributed by atoms with Gasteiger partial charge in [0.15, 0.2) is 6.61 Å². The number of thiophene rings is 1. The zero-order valence-corrected chi connectivity index (χ0v) is 20.9. The number of H-pyrrole nitrogens is 1. The van der Waals surface area contributed by atoms with E-state index in [0.717, 1.165) is 35.7 Å². The van der Waals surface area contributed by atoms with Crippen molar-refractivity contribution in [3.63, 3.8) is 0 Å². The fourth-order valence-corrected chi connectivity index (χ4v) is 7.81. The van der Waals surface area contributed by atoms with Crippen LogP contribution in [0.4, 0.5) is 0 Å². The van der Waals surface area contributed by atoms with Gasteiger partial charge in [-0.3, -0.25) is 9.59 Å². The Kier molecular flexibility index (Phi) is 6.07. The van der Waals surface area contributed by atoms with Crippen LogP contribution < -0.4 is 10.6 Å². The lowest BCUT2D eigenvalue weighted by molar-refractivity contribution is -0.151. The maximum absolute atomic E-state index is 13.2. The molecule has 3 aromatic rings. The van der Waals surface area contributed by atoms with Gasteiger partial charge < -0.3 is 20.4 Å². The molecule has 7 rings (SSSR count). The van der Waals surface area contributed by atoms with E-state index in [4.69, 9.17) is 4.74 Å². The van der Waals surface area contributed by atoms with Gasteiger partial charge in [-0.25, -0.2) is 4.79 Å². The highest BCUT2D eigenvalue weighted by Crippen LogP contribution is 2.55. The Bertz CT molecular complexity index is 1250. The van der Waals surface area contributed by atoms with E-state index in [1.807, 2.05) is 35.8 Å². The molecule has 36 heavy (non-hydrogen) atoms. The molecule has 4 saturated carbocycles. The van der Waals surface area contributed by atoms with Crippen molar-refractivity contribution in [1.29, 1.82) is 0 Å². The van der Waals surface area contributed by atoms with Crippen LogP contribution in [0.15, 0.2) is 48.0 Å². The number of benzene rings is 1. The van der Waals surface area contributed by atoms with Crippen molar-refractivity contribution in [1.82, 2.24) is 15.6 Å². The van der Waals surface area contributed by atoms with Gasteiger partial charge in [-0.05, 0) is 79.4 Å². The summed E-state index contributed by atoms with van der Waals surface area (Å²) in [5, 5.41) is 8.87. The molecule has 1 aromatic carbocycles. The summed E-state index contributed by atoms with van der Waals surface area (Å²) in [6.45, 7) is -0.333. The highest BCUT2D eigenvalue weighted by atomic mass is 32.1. The Labute approximate surface area is 214 Å². The number of aromatic nitrogens is 1. The van der Waals surface area contributed by atoms with Gasteiger partial charge in [-0.2, -0.15) is 0 Å². The second kappa shape index (κ2) is 9.39. The lowest BCUT2D eigenvalue weighted by Gasteiger charge is -2.56. The van der Waals surface area contributed by atoms with Gasteiger partial charge in [-0.1, -0.05) is 24.3 Å². The van der Waals surface area contributed by atoms with Gasteiger partial charge in [0.25, 0.3) is 11.8 Å². The summed E-state index contributed by atoms with van der Waals surface area (Å²) in [5.74, 6) is 0.961. The molecule has 4 aliphatic rings. The summed E-state index contributed by atoms with van der Waals surface area (Å²) in [6, 6.07) is 10.4. The largest absolute Gasteiger partial charge is 0.454 e. The van der Waals surface area contributed by atoms with Crippen LogP contribution in [-0.2, 0) is 20.7 Å².